The number of imide groups is 1. The largest absolute Gasteiger partial charge is 0.493 e. The molecule has 34 heavy (non-hydrogen) atoms. The third kappa shape index (κ3) is 4.17. The van der Waals surface area contributed by atoms with Gasteiger partial charge in [-0.15, -0.1) is 0 Å². The van der Waals surface area contributed by atoms with Crippen molar-refractivity contribution in [2.24, 2.45) is 0 Å². The number of carbonyl (C=O) groups is 2. The first-order chi connectivity index (χ1) is 16.5. The molecule has 0 atom stereocenters. The van der Waals surface area contributed by atoms with Gasteiger partial charge in [0, 0.05) is 0 Å². The van der Waals surface area contributed by atoms with E-state index in [-0.39, 0.29) is 17.0 Å². The van der Waals surface area contributed by atoms with E-state index in [1.807, 2.05) is 6.92 Å². The molecule has 0 saturated carbocycles. The first-order valence-electron chi connectivity index (χ1n) is 10.6. The van der Waals surface area contributed by atoms with Gasteiger partial charge < -0.3 is 19.5 Å². The predicted octanol–water partition coefficient (Wildman–Crippen LogP) is 4.64. The zero-order chi connectivity index (χ0) is 24.2. The monoisotopic (exact) mass is 462 g/mol. The van der Waals surface area contributed by atoms with Gasteiger partial charge in [-0.2, -0.15) is 0 Å². The zero-order valence-electron chi connectivity index (χ0n) is 18.9. The molecule has 3 aromatic carbocycles. The highest BCUT2D eigenvalue weighted by Crippen LogP contribution is 2.38. The number of methoxy groups -OCH3 is 2. The zero-order valence-corrected chi connectivity index (χ0v) is 18.9. The van der Waals surface area contributed by atoms with Crippen molar-refractivity contribution in [1.82, 2.24) is 0 Å². The van der Waals surface area contributed by atoms with E-state index in [9.17, 15) is 14.0 Å². The van der Waals surface area contributed by atoms with Crippen molar-refractivity contribution >= 4 is 28.8 Å². The van der Waals surface area contributed by atoms with Crippen molar-refractivity contribution in [3.8, 4) is 17.2 Å². The molecule has 0 unspecified atom stereocenters. The fourth-order valence-corrected chi connectivity index (χ4v) is 3.74. The van der Waals surface area contributed by atoms with Crippen LogP contribution in [-0.2, 0) is 9.59 Å². The third-order valence-electron chi connectivity index (χ3n) is 5.27. The molecule has 0 fully saturated rings. The molecule has 0 bridgehead atoms. The standard InChI is InChI=1S/C26H23FN2O5/c1-4-34-20-11-6-5-10-19(20)28-24-23(16-12-13-21(32-2)22(14-16)33-3)25(30)29(26(24)31)18-9-7-8-17(27)15-18/h5-15,28H,4H2,1-3H3. The number of hydrogen-bond donors (Lipinski definition) is 1. The van der Waals surface area contributed by atoms with Crippen LogP contribution in [0.5, 0.6) is 17.2 Å². The summed E-state index contributed by atoms with van der Waals surface area (Å²) in [6.07, 6.45) is 0. The summed E-state index contributed by atoms with van der Waals surface area (Å²) >= 11 is 0. The molecule has 4 rings (SSSR count). The van der Waals surface area contributed by atoms with Crippen molar-refractivity contribution in [2.45, 2.75) is 6.92 Å². The molecule has 0 radical (unpaired) electrons. The summed E-state index contributed by atoms with van der Waals surface area (Å²) in [5.41, 5.74) is 1.23. The van der Waals surface area contributed by atoms with Crippen LogP contribution in [0.2, 0.25) is 0 Å². The van der Waals surface area contributed by atoms with Crippen molar-refractivity contribution in [1.29, 1.82) is 0 Å². The van der Waals surface area contributed by atoms with Gasteiger partial charge in [0.05, 0.1) is 37.8 Å². The normalized spacial score (nSPS) is 13.4. The van der Waals surface area contributed by atoms with Gasteiger partial charge in [0.2, 0.25) is 0 Å². The van der Waals surface area contributed by atoms with Crippen LogP contribution >= 0.6 is 0 Å². The van der Waals surface area contributed by atoms with E-state index in [1.54, 1.807) is 42.5 Å². The van der Waals surface area contributed by atoms with Crippen LogP contribution in [0.15, 0.2) is 72.4 Å². The maximum Gasteiger partial charge on any atom is 0.282 e. The van der Waals surface area contributed by atoms with E-state index < -0.39 is 17.6 Å². The minimum absolute atomic E-state index is 0.0358. The predicted molar refractivity (Wildman–Crippen MR) is 127 cm³/mol. The number of anilines is 2. The minimum atomic E-state index is -0.619. The van der Waals surface area contributed by atoms with E-state index in [0.717, 1.165) is 11.0 Å². The third-order valence-corrected chi connectivity index (χ3v) is 5.27. The van der Waals surface area contributed by atoms with E-state index in [4.69, 9.17) is 14.2 Å². The average Bonchev–Trinajstić information content (AvgIpc) is 3.09. The Morgan fingerprint density at radius 2 is 1.62 bits per heavy atom. The second-order valence-electron chi connectivity index (χ2n) is 7.30. The average molecular weight is 462 g/mol. The van der Waals surface area contributed by atoms with Crippen LogP contribution in [0.3, 0.4) is 0 Å². The Kier molecular flexibility index (Phi) is 6.49. The van der Waals surface area contributed by atoms with Crippen LogP contribution in [0.4, 0.5) is 15.8 Å². The number of rotatable bonds is 8. The Labute approximate surface area is 196 Å². The fraction of sp³-hybridized carbons (Fsp3) is 0.154. The van der Waals surface area contributed by atoms with Crippen molar-refractivity contribution in [3.63, 3.8) is 0 Å². The Bertz CT molecular complexity index is 1290. The summed E-state index contributed by atoms with van der Waals surface area (Å²) in [5, 5.41) is 3.08. The minimum Gasteiger partial charge on any atom is -0.493 e. The topological polar surface area (TPSA) is 77.1 Å². The summed E-state index contributed by atoms with van der Waals surface area (Å²) in [5.74, 6) is -0.388. The number of para-hydroxylation sites is 2. The lowest BCUT2D eigenvalue weighted by Crippen LogP contribution is -2.32. The van der Waals surface area contributed by atoms with Crippen LogP contribution in [0.25, 0.3) is 5.57 Å². The lowest BCUT2D eigenvalue weighted by atomic mass is 10.0. The molecular weight excluding hydrogens is 439 g/mol. The van der Waals surface area contributed by atoms with Crippen molar-refractivity contribution < 1.29 is 28.2 Å². The summed E-state index contributed by atoms with van der Waals surface area (Å²) in [6.45, 7) is 2.27. The summed E-state index contributed by atoms with van der Waals surface area (Å²) in [4.78, 5) is 28.0. The molecule has 174 valence electrons. The summed E-state index contributed by atoms with van der Waals surface area (Å²) in [6, 6.07) is 17.3. The molecule has 1 aliphatic heterocycles. The molecule has 7 nitrogen and oxygen atoms in total. The molecule has 0 spiro atoms. The van der Waals surface area contributed by atoms with E-state index in [1.165, 1.54) is 32.4 Å². The molecule has 2 amide bonds. The second-order valence-corrected chi connectivity index (χ2v) is 7.30. The highest BCUT2D eigenvalue weighted by molar-refractivity contribution is 6.46. The molecule has 3 aromatic rings. The van der Waals surface area contributed by atoms with Gasteiger partial charge in [0.1, 0.15) is 17.3 Å². The molecule has 1 aliphatic rings. The Hall–Kier alpha value is -4.33. The first-order valence-corrected chi connectivity index (χ1v) is 10.6. The van der Waals surface area contributed by atoms with Gasteiger partial charge >= 0.3 is 0 Å². The Morgan fingerprint density at radius 1 is 0.853 bits per heavy atom. The number of hydrogen-bond acceptors (Lipinski definition) is 6. The fourth-order valence-electron chi connectivity index (χ4n) is 3.74. The van der Waals surface area contributed by atoms with E-state index in [0.29, 0.717) is 35.1 Å². The molecule has 8 heteroatoms. The quantitative estimate of drug-likeness (QED) is 0.492. The lowest BCUT2D eigenvalue weighted by molar-refractivity contribution is -0.120. The van der Waals surface area contributed by atoms with E-state index in [2.05, 4.69) is 5.32 Å². The van der Waals surface area contributed by atoms with Crippen LogP contribution in [-0.4, -0.2) is 32.6 Å². The van der Waals surface area contributed by atoms with Crippen LogP contribution in [0.1, 0.15) is 12.5 Å². The molecule has 1 heterocycles. The van der Waals surface area contributed by atoms with Gasteiger partial charge in [-0.05, 0) is 55.0 Å². The number of amides is 2. The molecule has 0 aliphatic carbocycles. The van der Waals surface area contributed by atoms with Gasteiger partial charge in [-0.1, -0.05) is 24.3 Å². The smallest absolute Gasteiger partial charge is 0.282 e. The maximum atomic E-state index is 13.9. The van der Waals surface area contributed by atoms with Crippen LogP contribution < -0.4 is 24.4 Å². The lowest BCUT2D eigenvalue weighted by Gasteiger charge is -2.16. The number of benzene rings is 3. The Balaban J connectivity index is 1.87. The van der Waals surface area contributed by atoms with Crippen LogP contribution in [0, 0.1) is 5.82 Å². The molecule has 1 N–H and O–H groups in total. The van der Waals surface area contributed by atoms with Gasteiger partial charge in [0.15, 0.2) is 11.5 Å². The number of halogens is 1. The number of nitrogens with one attached hydrogen (secondary N) is 1. The molecule has 0 saturated heterocycles. The number of carbonyl (C=O) groups excluding carboxylic acids is 2. The SMILES string of the molecule is CCOc1ccccc1NC1=C(c2ccc(OC)c(OC)c2)C(=O)N(c2cccc(F)c2)C1=O. The van der Waals surface area contributed by atoms with Gasteiger partial charge in [0.25, 0.3) is 11.8 Å². The highest BCUT2D eigenvalue weighted by atomic mass is 19.1. The first kappa shape index (κ1) is 22.8. The maximum absolute atomic E-state index is 13.9. The van der Waals surface area contributed by atoms with Gasteiger partial charge in [-0.3, -0.25) is 9.59 Å². The number of ether oxygens (including phenoxy) is 3. The van der Waals surface area contributed by atoms with Crippen molar-refractivity contribution in [2.75, 3.05) is 31.0 Å². The highest BCUT2D eigenvalue weighted by Gasteiger charge is 2.41. The molecule has 0 aromatic heterocycles. The second kappa shape index (κ2) is 9.66. The van der Waals surface area contributed by atoms with Crippen molar-refractivity contribution in [3.05, 3.63) is 83.8 Å². The number of nitrogens with zero attached hydrogens (tertiary/aromatic N) is 1. The summed E-state index contributed by atoms with van der Waals surface area (Å²) < 4.78 is 30.3. The summed E-state index contributed by atoms with van der Waals surface area (Å²) in [7, 11) is 2.98. The Morgan fingerprint density at radius 3 is 2.32 bits per heavy atom. The molecular formula is C26H23FN2O5. The van der Waals surface area contributed by atoms with Gasteiger partial charge in [-0.25, -0.2) is 9.29 Å². The van der Waals surface area contributed by atoms with E-state index >= 15 is 0 Å².